The summed E-state index contributed by atoms with van der Waals surface area (Å²) in [6, 6.07) is 0. The van der Waals surface area contributed by atoms with E-state index in [4.69, 9.17) is 4.74 Å². The summed E-state index contributed by atoms with van der Waals surface area (Å²) in [6.45, 7) is 3.76. The van der Waals surface area contributed by atoms with Crippen LogP contribution in [0.15, 0.2) is 12.2 Å². The van der Waals surface area contributed by atoms with E-state index < -0.39 is 30.2 Å². The van der Waals surface area contributed by atoms with Gasteiger partial charge in [0.25, 0.3) is 0 Å². The van der Waals surface area contributed by atoms with Gasteiger partial charge in [-0.1, -0.05) is 31.9 Å². The lowest BCUT2D eigenvalue weighted by molar-refractivity contribution is -0.163. The second kappa shape index (κ2) is 8.33. The maximum atomic E-state index is 11.9. The maximum absolute atomic E-state index is 11.9. The fraction of sp³-hybridized carbons (Fsp3) is 0.800. The molecule has 2 N–H and O–H groups in total. The zero-order chi connectivity index (χ0) is 14.3. The van der Waals surface area contributed by atoms with Gasteiger partial charge in [-0.15, -0.1) is 0 Å². The van der Waals surface area contributed by atoms with Crippen molar-refractivity contribution < 1.29 is 19.7 Å². The van der Waals surface area contributed by atoms with Crippen LogP contribution in [0.3, 0.4) is 0 Å². The molecule has 0 aliphatic carbocycles. The molecule has 1 aliphatic heterocycles. The molecule has 110 valence electrons. The number of ether oxygens (including phenoxy) is 1. The van der Waals surface area contributed by atoms with Crippen molar-refractivity contribution >= 4 is 5.97 Å². The van der Waals surface area contributed by atoms with Gasteiger partial charge in [-0.2, -0.15) is 0 Å². The van der Waals surface area contributed by atoms with E-state index in [0.717, 1.165) is 19.3 Å². The number of carbonyl (C=O) groups excluding carboxylic acids is 1. The second-order valence-electron chi connectivity index (χ2n) is 5.32. The highest BCUT2D eigenvalue weighted by molar-refractivity contribution is 5.73. The number of unbranched alkanes of at least 4 members (excludes halogenated alkanes) is 2. The van der Waals surface area contributed by atoms with Crippen molar-refractivity contribution in [2.24, 2.45) is 5.92 Å². The van der Waals surface area contributed by atoms with Gasteiger partial charge in [-0.05, 0) is 32.6 Å². The largest absolute Gasteiger partial charge is 0.459 e. The third kappa shape index (κ3) is 5.33. The van der Waals surface area contributed by atoms with Crippen LogP contribution >= 0.6 is 0 Å². The van der Waals surface area contributed by atoms with E-state index in [-0.39, 0.29) is 0 Å². The fourth-order valence-corrected chi connectivity index (χ4v) is 2.18. The van der Waals surface area contributed by atoms with Crippen molar-refractivity contribution in [1.29, 1.82) is 0 Å². The first-order chi connectivity index (χ1) is 9.06. The van der Waals surface area contributed by atoms with Crippen molar-refractivity contribution in [1.82, 2.24) is 0 Å². The van der Waals surface area contributed by atoms with Crippen LogP contribution < -0.4 is 0 Å². The second-order valence-corrected chi connectivity index (χ2v) is 5.32. The molecule has 0 saturated carbocycles. The average molecular weight is 270 g/mol. The minimum atomic E-state index is -0.806. The summed E-state index contributed by atoms with van der Waals surface area (Å²) in [5.74, 6) is -1.02. The summed E-state index contributed by atoms with van der Waals surface area (Å²) in [4.78, 5) is 11.9. The molecule has 1 rings (SSSR count). The molecule has 4 atom stereocenters. The van der Waals surface area contributed by atoms with Crippen LogP contribution in [0.25, 0.3) is 0 Å². The summed E-state index contributed by atoms with van der Waals surface area (Å²) < 4.78 is 5.39. The van der Waals surface area contributed by atoms with Crippen LogP contribution in [0.5, 0.6) is 0 Å². The molecule has 0 fully saturated rings. The van der Waals surface area contributed by atoms with Crippen LogP contribution in [0.2, 0.25) is 0 Å². The van der Waals surface area contributed by atoms with Gasteiger partial charge in [0.2, 0.25) is 0 Å². The smallest absolute Gasteiger partial charge is 0.311 e. The van der Waals surface area contributed by atoms with E-state index in [1.807, 2.05) is 6.08 Å². The highest BCUT2D eigenvalue weighted by Crippen LogP contribution is 2.19. The van der Waals surface area contributed by atoms with Crippen LogP contribution in [0, 0.1) is 5.92 Å². The van der Waals surface area contributed by atoms with E-state index in [1.165, 1.54) is 0 Å². The lowest BCUT2D eigenvalue weighted by atomic mass is 9.98. The van der Waals surface area contributed by atoms with E-state index >= 15 is 0 Å². The summed E-state index contributed by atoms with van der Waals surface area (Å²) in [6.07, 6.45) is 6.60. The van der Waals surface area contributed by atoms with Crippen molar-refractivity contribution in [2.45, 2.75) is 70.7 Å². The first-order valence-corrected chi connectivity index (χ1v) is 7.29. The number of carbonyl (C=O) groups is 1. The standard InChI is InChI=1S/C15H26O4/c1-3-4-5-10-14-13(17)9-7-6-8-12(16)11(2)15(18)19-14/h6,8,11-14,16-17H,3-5,7,9-10H2,1-2H3/b8-6+/t11-,12-,13+,14?/m1/s1. The van der Waals surface area contributed by atoms with Gasteiger partial charge >= 0.3 is 5.97 Å². The minimum absolute atomic E-state index is 0.431. The lowest BCUT2D eigenvalue weighted by Gasteiger charge is -2.26. The normalized spacial score (nSPS) is 34.6. The molecule has 4 heteroatoms. The predicted molar refractivity (Wildman–Crippen MR) is 73.6 cm³/mol. The van der Waals surface area contributed by atoms with Gasteiger partial charge in [0, 0.05) is 0 Å². The lowest BCUT2D eigenvalue weighted by Crippen LogP contribution is -2.36. The Morgan fingerprint density at radius 3 is 2.79 bits per heavy atom. The zero-order valence-corrected chi connectivity index (χ0v) is 11.9. The molecule has 1 unspecified atom stereocenters. The Balaban J connectivity index is 2.67. The highest BCUT2D eigenvalue weighted by Gasteiger charge is 2.28. The van der Waals surface area contributed by atoms with Crippen molar-refractivity contribution in [2.75, 3.05) is 0 Å². The quantitative estimate of drug-likeness (QED) is 0.467. The number of rotatable bonds is 4. The summed E-state index contributed by atoms with van der Waals surface area (Å²) in [5, 5.41) is 19.9. The van der Waals surface area contributed by atoms with Gasteiger partial charge in [0.1, 0.15) is 6.10 Å². The van der Waals surface area contributed by atoms with E-state index in [2.05, 4.69) is 6.92 Å². The molecule has 4 nitrogen and oxygen atoms in total. The number of aliphatic hydroxyl groups is 2. The summed E-state index contributed by atoms with van der Waals surface area (Å²) >= 11 is 0. The van der Waals surface area contributed by atoms with Crippen LogP contribution in [-0.2, 0) is 9.53 Å². The number of cyclic esters (lactones) is 1. The molecule has 0 saturated heterocycles. The Kier molecular flexibility index (Phi) is 7.10. The number of esters is 1. The molecule has 1 heterocycles. The van der Waals surface area contributed by atoms with Crippen LogP contribution in [-0.4, -0.2) is 34.5 Å². The Morgan fingerprint density at radius 2 is 2.11 bits per heavy atom. The average Bonchev–Trinajstić information content (AvgIpc) is 2.40. The maximum Gasteiger partial charge on any atom is 0.311 e. The van der Waals surface area contributed by atoms with Crippen molar-refractivity contribution in [3.63, 3.8) is 0 Å². The minimum Gasteiger partial charge on any atom is -0.459 e. The number of allylic oxidation sites excluding steroid dienone is 1. The SMILES string of the molecule is CCCCCC1OC(=O)[C@H](C)[C@H](O)/C=C/CC[C@@H]1O. The monoisotopic (exact) mass is 270 g/mol. The number of hydrogen-bond acceptors (Lipinski definition) is 4. The molecule has 1 aliphatic rings. The Morgan fingerprint density at radius 1 is 1.37 bits per heavy atom. The van der Waals surface area contributed by atoms with Crippen molar-refractivity contribution in [3.8, 4) is 0 Å². The molecular formula is C15H26O4. The number of hydrogen-bond donors (Lipinski definition) is 2. The van der Waals surface area contributed by atoms with E-state index in [1.54, 1.807) is 13.0 Å². The van der Waals surface area contributed by atoms with Gasteiger partial charge in [-0.25, -0.2) is 0 Å². The Hall–Kier alpha value is -0.870. The molecule has 0 bridgehead atoms. The first kappa shape index (κ1) is 16.2. The Bertz CT molecular complexity index is 301. The zero-order valence-electron chi connectivity index (χ0n) is 11.9. The third-order valence-electron chi connectivity index (χ3n) is 3.64. The van der Waals surface area contributed by atoms with E-state index in [9.17, 15) is 15.0 Å². The van der Waals surface area contributed by atoms with E-state index in [0.29, 0.717) is 19.3 Å². The predicted octanol–water partition coefficient (Wildman–Crippen LogP) is 2.19. The van der Waals surface area contributed by atoms with Gasteiger partial charge in [-0.3, -0.25) is 4.79 Å². The van der Waals surface area contributed by atoms with Crippen LogP contribution in [0.4, 0.5) is 0 Å². The molecule has 0 radical (unpaired) electrons. The molecule has 19 heavy (non-hydrogen) atoms. The topological polar surface area (TPSA) is 66.8 Å². The molecule has 0 aromatic carbocycles. The third-order valence-corrected chi connectivity index (χ3v) is 3.64. The number of aliphatic hydroxyl groups excluding tert-OH is 2. The van der Waals surface area contributed by atoms with Crippen molar-refractivity contribution in [3.05, 3.63) is 12.2 Å². The first-order valence-electron chi connectivity index (χ1n) is 7.29. The molecular weight excluding hydrogens is 244 g/mol. The fourth-order valence-electron chi connectivity index (χ4n) is 2.18. The van der Waals surface area contributed by atoms with Gasteiger partial charge in [0.05, 0.1) is 18.1 Å². The highest BCUT2D eigenvalue weighted by atomic mass is 16.6. The van der Waals surface area contributed by atoms with Gasteiger partial charge < -0.3 is 14.9 Å². The molecule has 0 aromatic heterocycles. The van der Waals surface area contributed by atoms with Gasteiger partial charge in [0.15, 0.2) is 0 Å². The molecule has 0 spiro atoms. The molecule has 0 aromatic rings. The van der Waals surface area contributed by atoms with Crippen LogP contribution in [0.1, 0.15) is 52.4 Å². The molecule has 0 amide bonds. The summed E-state index contributed by atoms with van der Waals surface area (Å²) in [5.41, 5.74) is 0. The Labute approximate surface area is 115 Å². The summed E-state index contributed by atoms with van der Waals surface area (Å²) in [7, 11) is 0.